The molecule has 0 saturated carbocycles. The number of isothiocyanates is 1. The SMILES string of the molecule is Cc1nn(C(F)(F)c2ccc(F)c(F)c2F)c(C)c1N=C=S. The molecule has 0 spiro atoms. The number of nitrogens with zero attached hydrogens (tertiary/aromatic N) is 3. The zero-order valence-corrected chi connectivity index (χ0v) is 12.1. The summed E-state index contributed by atoms with van der Waals surface area (Å²) in [5, 5.41) is 5.60. The molecular weight excluding hydrogens is 325 g/mol. The van der Waals surface area contributed by atoms with Gasteiger partial charge in [0.05, 0.1) is 22.1 Å². The molecule has 0 N–H and O–H groups in total. The largest absolute Gasteiger partial charge is 0.373 e. The molecule has 2 aromatic rings. The van der Waals surface area contributed by atoms with Crippen molar-refractivity contribution >= 4 is 23.1 Å². The van der Waals surface area contributed by atoms with Crippen molar-refractivity contribution in [1.82, 2.24) is 9.78 Å². The standard InChI is InChI=1S/C13H8F5N3S/c1-6-12(19-5-22)7(2)21(20-6)13(17,18)8-3-4-9(14)11(16)10(8)15/h3-4H,1-2H3. The second kappa shape index (κ2) is 5.58. The molecule has 0 aliphatic rings. The highest BCUT2D eigenvalue weighted by molar-refractivity contribution is 7.78. The number of hydrogen-bond donors (Lipinski definition) is 0. The lowest BCUT2D eigenvalue weighted by molar-refractivity contribution is -0.0537. The first-order valence-electron chi connectivity index (χ1n) is 5.88. The van der Waals surface area contributed by atoms with Gasteiger partial charge in [-0.05, 0) is 38.2 Å². The number of aromatic nitrogens is 2. The van der Waals surface area contributed by atoms with Crippen LogP contribution >= 0.6 is 12.2 Å². The zero-order chi connectivity index (χ0) is 16.7. The Morgan fingerprint density at radius 2 is 1.82 bits per heavy atom. The molecule has 1 aromatic heterocycles. The first-order valence-corrected chi connectivity index (χ1v) is 6.29. The van der Waals surface area contributed by atoms with Crippen LogP contribution in [0.15, 0.2) is 17.1 Å². The predicted molar refractivity (Wildman–Crippen MR) is 72.0 cm³/mol. The molecule has 0 aliphatic heterocycles. The molecular formula is C13H8F5N3S. The van der Waals surface area contributed by atoms with Crippen LogP contribution in [0.25, 0.3) is 0 Å². The summed E-state index contributed by atoms with van der Waals surface area (Å²) < 4.78 is 68.8. The zero-order valence-electron chi connectivity index (χ0n) is 11.3. The number of thiocarbonyl (C=S) groups is 1. The normalized spacial score (nSPS) is 11.4. The van der Waals surface area contributed by atoms with Gasteiger partial charge in [0, 0.05) is 0 Å². The highest BCUT2D eigenvalue weighted by Gasteiger charge is 2.41. The average molecular weight is 333 g/mol. The third-order valence-electron chi connectivity index (χ3n) is 3.04. The van der Waals surface area contributed by atoms with E-state index >= 15 is 0 Å². The first-order chi connectivity index (χ1) is 10.2. The summed E-state index contributed by atoms with van der Waals surface area (Å²) in [6.45, 7) is 2.66. The fourth-order valence-electron chi connectivity index (χ4n) is 1.99. The molecule has 1 heterocycles. The van der Waals surface area contributed by atoms with Gasteiger partial charge >= 0.3 is 6.05 Å². The Kier molecular flexibility index (Phi) is 4.12. The Hall–Kier alpha value is -2.12. The van der Waals surface area contributed by atoms with Crippen LogP contribution < -0.4 is 0 Å². The highest BCUT2D eigenvalue weighted by Crippen LogP contribution is 2.36. The van der Waals surface area contributed by atoms with Gasteiger partial charge in [0.15, 0.2) is 17.5 Å². The van der Waals surface area contributed by atoms with Crippen molar-refractivity contribution in [3.05, 3.63) is 46.5 Å². The van der Waals surface area contributed by atoms with Gasteiger partial charge in [0.2, 0.25) is 0 Å². The van der Waals surface area contributed by atoms with Crippen LogP contribution in [-0.2, 0) is 6.05 Å². The van der Waals surface area contributed by atoms with Crippen molar-refractivity contribution < 1.29 is 22.0 Å². The maximum atomic E-state index is 14.4. The lowest BCUT2D eigenvalue weighted by atomic mass is 10.1. The average Bonchev–Trinajstić information content (AvgIpc) is 2.73. The lowest BCUT2D eigenvalue weighted by Crippen LogP contribution is -2.28. The van der Waals surface area contributed by atoms with Crippen molar-refractivity contribution in [2.45, 2.75) is 19.9 Å². The van der Waals surface area contributed by atoms with Crippen molar-refractivity contribution in [3.63, 3.8) is 0 Å². The molecule has 9 heteroatoms. The summed E-state index contributed by atoms with van der Waals surface area (Å²) >= 11 is 4.41. The molecule has 0 amide bonds. The second-order valence-corrected chi connectivity index (χ2v) is 4.58. The first kappa shape index (κ1) is 16.3. The van der Waals surface area contributed by atoms with Gasteiger partial charge in [-0.3, -0.25) is 0 Å². The monoisotopic (exact) mass is 333 g/mol. The Labute approximate surface area is 127 Å². The van der Waals surface area contributed by atoms with E-state index in [2.05, 4.69) is 22.3 Å². The molecule has 3 nitrogen and oxygen atoms in total. The summed E-state index contributed by atoms with van der Waals surface area (Å²) in [7, 11) is 0. The van der Waals surface area contributed by atoms with E-state index in [1.807, 2.05) is 5.16 Å². The quantitative estimate of drug-likeness (QED) is 0.364. The van der Waals surface area contributed by atoms with Gasteiger partial charge in [-0.25, -0.2) is 13.2 Å². The van der Waals surface area contributed by atoms with Crippen molar-refractivity contribution in [2.75, 3.05) is 0 Å². The third-order valence-corrected chi connectivity index (χ3v) is 3.13. The minimum Gasteiger partial charge on any atom is -0.204 e. The number of benzene rings is 1. The Bertz CT molecular complexity index is 793. The maximum absolute atomic E-state index is 14.4. The van der Waals surface area contributed by atoms with E-state index in [4.69, 9.17) is 0 Å². The third kappa shape index (κ3) is 2.42. The van der Waals surface area contributed by atoms with Gasteiger partial charge in [0.25, 0.3) is 0 Å². The molecule has 0 saturated heterocycles. The Balaban J connectivity index is 2.68. The van der Waals surface area contributed by atoms with E-state index < -0.39 is 29.1 Å². The minimum atomic E-state index is -4.04. The fourth-order valence-corrected chi connectivity index (χ4v) is 2.08. The number of aliphatic imine (C=N–C) groups is 1. The predicted octanol–water partition coefficient (Wildman–Crippen LogP) is 4.25. The topological polar surface area (TPSA) is 30.2 Å². The van der Waals surface area contributed by atoms with Gasteiger partial charge in [-0.1, -0.05) is 0 Å². The van der Waals surface area contributed by atoms with Crippen LogP contribution in [-0.4, -0.2) is 14.9 Å². The van der Waals surface area contributed by atoms with E-state index in [0.717, 1.165) is 0 Å². The Morgan fingerprint density at radius 1 is 1.18 bits per heavy atom. The highest BCUT2D eigenvalue weighted by atomic mass is 32.1. The summed E-state index contributed by atoms with van der Waals surface area (Å²) in [6.07, 6.45) is 0. The number of aryl methyl sites for hydroxylation is 1. The maximum Gasteiger partial charge on any atom is 0.373 e. The molecule has 0 fully saturated rings. The number of hydrogen-bond acceptors (Lipinski definition) is 3. The molecule has 116 valence electrons. The summed E-state index contributed by atoms with van der Waals surface area (Å²) in [4.78, 5) is 3.61. The van der Waals surface area contributed by atoms with Crippen molar-refractivity contribution in [1.29, 1.82) is 0 Å². The molecule has 0 radical (unpaired) electrons. The molecule has 0 unspecified atom stereocenters. The molecule has 0 aliphatic carbocycles. The van der Waals surface area contributed by atoms with Crippen LogP contribution in [0.5, 0.6) is 0 Å². The number of halogens is 5. The van der Waals surface area contributed by atoms with Crippen LogP contribution in [0, 0.1) is 31.3 Å². The van der Waals surface area contributed by atoms with E-state index in [-0.39, 0.29) is 21.8 Å². The summed E-state index contributed by atoms with van der Waals surface area (Å²) in [6, 6.07) is -3.15. The van der Waals surface area contributed by atoms with E-state index in [1.165, 1.54) is 13.8 Å². The van der Waals surface area contributed by atoms with Crippen molar-refractivity contribution in [3.8, 4) is 0 Å². The minimum absolute atomic E-state index is 0.0534. The van der Waals surface area contributed by atoms with E-state index in [9.17, 15) is 22.0 Å². The molecule has 0 atom stereocenters. The molecule has 22 heavy (non-hydrogen) atoms. The van der Waals surface area contributed by atoms with Gasteiger partial charge in [-0.2, -0.15) is 23.6 Å². The van der Waals surface area contributed by atoms with Gasteiger partial charge in [-0.15, -0.1) is 0 Å². The Morgan fingerprint density at radius 3 is 2.41 bits per heavy atom. The summed E-state index contributed by atoms with van der Waals surface area (Å²) in [5.41, 5.74) is -1.30. The molecule has 1 aromatic carbocycles. The molecule has 0 bridgehead atoms. The second-order valence-electron chi connectivity index (χ2n) is 4.40. The van der Waals surface area contributed by atoms with Crippen LogP contribution in [0.4, 0.5) is 27.6 Å². The van der Waals surface area contributed by atoms with E-state index in [0.29, 0.717) is 12.1 Å². The molecule has 2 rings (SSSR count). The lowest BCUT2D eigenvalue weighted by Gasteiger charge is -2.19. The number of alkyl halides is 2. The van der Waals surface area contributed by atoms with Gasteiger partial charge in [0.1, 0.15) is 5.69 Å². The summed E-state index contributed by atoms with van der Waals surface area (Å²) in [5.74, 6) is -5.51. The van der Waals surface area contributed by atoms with Crippen LogP contribution in [0.3, 0.4) is 0 Å². The van der Waals surface area contributed by atoms with Crippen LogP contribution in [0.1, 0.15) is 17.0 Å². The van der Waals surface area contributed by atoms with E-state index in [1.54, 1.807) is 0 Å². The van der Waals surface area contributed by atoms with Crippen molar-refractivity contribution in [2.24, 2.45) is 4.99 Å². The smallest absolute Gasteiger partial charge is 0.204 e. The van der Waals surface area contributed by atoms with Gasteiger partial charge < -0.3 is 0 Å². The number of rotatable bonds is 3. The van der Waals surface area contributed by atoms with Crippen LogP contribution in [0.2, 0.25) is 0 Å². The fraction of sp³-hybridized carbons (Fsp3) is 0.231.